The first kappa shape index (κ1) is 23.5. The minimum Gasteiger partial charge on any atom is -0.462 e. The zero-order chi connectivity index (χ0) is 27.6. The molecule has 0 fully saturated rings. The number of hydrogen-bond donors (Lipinski definition) is 0. The second-order valence-corrected chi connectivity index (χ2v) is 11.9. The van der Waals surface area contributed by atoms with Crippen LogP contribution in [0.25, 0.3) is 86.1 Å². The van der Waals surface area contributed by atoms with E-state index in [-0.39, 0.29) is 0 Å². The van der Waals surface area contributed by atoms with E-state index in [1.54, 1.807) is 0 Å². The number of benzene rings is 7. The molecule has 0 aliphatic rings. The molecule has 2 aromatic heterocycles. The summed E-state index contributed by atoms with van der Waals surface area (Å²) < 4.78 is 8.72. The van der Waals surface area contributed by atoms with Gasteiger partial charge in [0.25, 0.3) is 0 Å². The van der Waals surface area contributed by atoms with Gasteiger partial charge in [0, 0.05) is 26.4 Å². The Morgan fingerprint density at radius 1 is 0.405 bits per heavy atom. The first-order chi connectivity index (χ1) is 20.8. The smallest absolute Gasteiger partial charge is 0.152 e. The average Bonchev–Trinajstić information content (AvgIpc) is 3.66. The first-order valence-corrected chi connectivity index (χ1v) is 15.1. The van der Waals surface area contributed by atoms with Gasteiger partial charge in [-0.3, -0.25) is 0 Å². The molecule has 2 heteroatoms. The molecule has 0 bridgehead atoms. The van der Waals surface area contributed by atoms with Gasteiger partial charge in [-0.05, 0) is 61.5 Å². The molecule has 0 aliphatic heterocycles. The quantitative estimate of drug-likeness (QED) is 0.199. The minimum atomic E-state index is 0.970. The molecule has 196 valence electrons. The molecular weight excluding hydrogens is 529 g/mol. The molecule has 0 atom stereocenters. The Labute approximate surface area is 246 Å². The van der Waals surface area contributed by atoms with E-state index in [1.807, 2.05) is 17.6 Å². The summed E-state index contributed by atoms with van der Waals surface area (Å²) in [6, 6.07) is 50.4. The van der Waals surface area contributed by atoms with Crippen LogP contribution >= 0.6 is 11.3 Å². The molecule has 9 rings (SSSR count). The number of furan rings is 1. The maximum Gasteiger partial charge on any atom is 0.152 e. The van der Waals surface area contributed by atoms with Gasteiger partial charge in [0.2, 0.25) is 0 Å². The summed E-state index contributed by atoms with van der Waals surface area (Å²) in [5, 5.41) is 8.78. The highest BCUT2D eigenvalue weighted by Crippen LogP contribution is 2.46. The Balaban J connectivity index is 1.30. The largest absolute Gasteiger partial charge is 0.462 e. The number of fused-ring (bicyclic) bond motifs is 7. The molecule has 0 saturated heterocycles. The fourth-order valence-corrected chi connectivity index (χ4v) is 7.91. The third-order valence-electron chi connectivity index (χ3n) is 8.55. The van der Waals surface area contributed by atoms with Gasteiger partial charge in [-0.2, -0.15) is 0 Å². The summed E-state index contributed by atoms with van der Waals surface area (Å²) in [7, 11) is 0. The molecule has 0 saturated carbocycles. The van der Waals surface area contributed by atoms with E-state index in [0.717, 1.165) is 16.5 Å². The van der Waals surface area contributed by atoms with Crippen LogP contribution in [0.5, 0.6) is 0 Å². The monoisotopic (exact) mass is 552 g/mol. The molecule has 0 aliphatic carbocycles. The third-order valence-corrected chi connectivity index (χ3v) is 9.72. The maximum atomic E-state index is 6.24. The fraction of sp³-hybridized carbons (Fsp3) is 0. The van der Waals surface area contributed by atoms with E-state index >= 15 is 0 Å². The molecule has 2 heterocycles. The van der Waals surface area contributed by atoms with Crippen LogP contribution in [0, 0.1) is 0 Å². The third kappa shape index (κ3) is 3.43. The Morgan fingerprint density at radius 2 is 0.929 bits per heavy atom. The lowest BCUT2D eigenvalue weighted by atomic mass is 9.86. The van der Waals surface area contributed by atoms with Crippen molar-refractivity contribution in [3.05, 3.63) is 146 Å². The van der Waals surface area contributed by atoms with Gasteiger partial charge in [0.15, 0.2) is 5.58 Å². The van der Waals surface area contributed by atoms with Crippen molar-refractivity contribution in [1.29, 1.82) is 0 Å². The van der Waals surface area contributed by atoms with Crippen LogP contribution in [0.15, 0.2) is 150 Å². The highest BCUT2D eigenvalue weighted by molar-refractivity contribution is 7.26. The Kier molecular flexibility index (Phi) is 5.13. The highest BCUT2D eigenvalue weighted by Gasteiger charge is 2.19. The van der Waals surface area contributed by atoms with Gasteiger partial charge < -0.3 is 4.42 Å². The molecule has 9 aromatic rings. The van der Waals surface area contributed by atoms with E-state index < -0.39 is 0 Å². The van der Waals surface area contributed by atoms with Crippen molar-refractivity contribution >= 4 is 64.0 Å². The van der Waals surface area contributed by atoms with E-state index in [9.17, 15) is 0 Å². The van der Waals surface area contributed by atoms with E-state index in [0.29, 0.717) is 0 Å². The van der Waals surface area contributed by atoms with Crippen LogP contribution in [-0.2, 0) is 0 Å². The summed E-state index contributed by atoms with van der Waals surface area (Å²) in [6.07, 6.45) is 1.90. The van der Waals surface area contributed by atoms with Gasteiger partial charge in [0.1, 0.15) is 0 Å². The fourth-order valence-electron chi connectivity index (χ4n) is 6.68. The number of hydrogen-bond acceptors (Lipinski definition) is 2. The van der Waals surface area contributed by atoms with E-state index in [4.69, 9.17) is 4.42 Å². The van der Waals surface area contributed by atoms with Gasteiger partial charge >= 0.3 is 0 Å². The average molecular weight is 553 g/mol. The van der Waals surface area contributed by atoms with Crippen LogP contribution in [0.2, 0.25) is 0 Å². The lowest BCUT2D eigenvalue weighted by Gasteiger charge is -2.17. The zero-order valence-electron chi connectivity index (χ0n) is 22.7. The summed E-state index contributed by atoms with van der Waals surface area (Å²) in [4.78, 5) is 0. The number of rotatable bonds is 3. The lowest BCUT2D eigenvalue weighted by Crippen LogP contribution is -1.90. The van der Waals surface area contributed by atoms with Gasteiger partial charge in [0.05, 0.1) is 11.0 Å². The van der Waals surface area contributed by atoms with Crippen LogP contribution in [-0.4, -0.2) is 0 Å². The van der Waals surface area contributed by atoms with E-state index in [1.165, 1.54) is 69.5 Å². The standard InChI is InChI=1S/C40H24OS/c1-3-11-25(12-4-1)35-24-41-39-33(35)21-22-34-28-20-19-27(23-36(28)42-40(34)39)38-31-17-9-7-15-29(31)37(26-13-5-2-6-14-26)30-16-8-10-18-32(30)38/h1-24H. The van der Waals surface area contributed by atoms with Crippen LogP contribution in [0.1, 0.15) is 0 Å². The molecule has 0 spiro atoms. The predicted molar refractivity (Wildman–Crippen MR) is 180 cm³/mol. The van der Waals surface area contributed by atoms with Crippen molar-refractivity contribution in [2.75, 3.05) is 0 Å². The van der Waals surface area contributed by atoms with Crippen molar-refractivity contribution in [3.8, 4) is 33.4 Å². The minimum absolute atomic E-state index is 0.970. The summed E-state index contributed by atoms with van der Waals surface area (Å²) in [5.74, 6) is 0. The molecule has 0 unspecified atom stereocenters. The molecule has 0 N–H and O–H groups in total. The summed E-state index contributed by atoms with van der Waals surface area (Å²) in [5.41, 5.74) is 8.35. The van der Waals surface area contributed by atoms with Crippen molar-refractivity contribution in [2.45, 2.75) is 0 Å². The Bertz CT molecular complexity index is 2390. The Hall–Kier alpha value is -5.18. The van der Waals surface area contributed by atoms with Gasteiger partial charge in [-0.15, -0.1) is 11.3 Å². The topological polar surface area (TPSA) is 13.1 Å². The van der Waals surface area contributed by atoms with Gasteiger partial charge in [-0.1, -0.05) is 127 Å². The molecule has 7 aromatic carbocycles. The van der Waals surface area contributed by atoms with Crippen molar-refractivity contribution in [1.82, 2.24) is 0 Å². The Morgan fingerprint density at radius 3 is 1.57 bits per heavy atom. The van der Waals surface area contributed by atoms with Crippen LogP contribution < -0.4 is 0 Å². The lowest BCUT2D eigenvalue weighted by molar-refractivity contribution is 0.621. The van der Waals surface area contributed by atoms with Crippen LogP contribution in [0.3, 0.4) is 0 Å². The molecular formula is C40H24OS. The predicted octanol–water partition coefficient (Wildman–Crippen LogP) is 12.1. The van der Waals surface area contributed by atoms with Crippen LogP contribution in [0.4, 0.5) is 0 Å². The van der Waals surface area contributed by atoms with E-state index in [2.05, 4.69) is 140 Å². The molecule has 42 heavy (non-hydrogen) atoms. The molecule has 0 amide bonds. The highest BCUT2D eigenvalue weighted by atomic mass is 32.1. The maximum absolute atomic E-state index is 6.24. The number of thiophene rings is 1. The zero-order valence-corrected chi connectivity index (χ0v) is 23.5. The summed E-state index contributed by atoms with van der Waals surface area (Å²) >= 11 is 1.83. The molecule has 1 nitrogen and oxygen atoms in total. The van der Waals surface area contributed by atoms with Crippen molar-refractivity contribution < 1.29 is 4.42 Å². The van der Waals surface area contributed by atoms with Crippen molar-refractivity contribution in [2.24, 2.45) is 0 Å². The second-order valence-electron chi connectivity index (χ2n) is 10.9. The van der Waals surface area contributed by atoms with Crippen molar-refractivity contribution in [3.63, 3.8) is 0 Å². The SMILES string of the molecule is c1ccc(-c2c3ccccc3c(-c3ccc4c(c3)sc3c4ccc4c(-c5ccccc5)coc43)c3ccccc23)cc1. The second kappa shape index (κ2) is 9.17. The molecule has 0 radical (unpaired) electrons. The normalized spacial score (nSPS) is 11.8. The summed E-state index contributed by atoms with van der Waals surface area (Å²) in [6.45, 7) is 0. The van der Waals surface area contributed by atoms with Gasteiger partial charge in [-0.25, -0.2) is 0 Å². The first-order valence-electron chi connectivity index (χ1n) is 14.3.